The van der Waals surface area contributed by atoms with Gasteiger partial charge in [0.1, 0.15) is 6.61 Å². The van der Waals surface area contributed by atoms with Crippen LogP contribution in [-0.4, -0.2) is 11.2 Å². The Morgan fingerprint density at radius 1 is 1.25 bits per heavy atom. The first-order chi connectivity index (χ1) is 9.61. The van der Waals surface area contributed by atoms with Crippen molar-refractivity contribution in [3.63, 3.8) is 0 Å². The van der Waals surface area contributed by atoms with Gasteiger partial charge >= 0.3 is 5.69 Å². The van der Waals surface area contributed by atoms with Crippen LogP contribution >= 0.6 is 15.9 Å². The van der Waals surface area contributed by atoms with Gasteiger partial charge in [-0.3, -0.25) is 14.9 Å². The van der Waals surface area contributed by atoms with E-state index in [1.807, 2.05) is 30.3 Å². The molecule has 0 atom stereocenters. The van der Waals surface area contributed by atoms with Gasteiger partial charge in [0.15, 0.2) is 6.29 Å². The van der Waals surface area contributed by atoms with Crippen molar-refractivity contribution in [2.45, 2.75) is 6.61 Å². The zero-order valence-corrected chi connectivity index (χ0v) is 11.9. The molecule has 0 bridgehead atoms. The molecule has 2 aromatic rings. The summed E-state index contributed by atoms with van der Waals surface area (Å²) in [6.45, 7) is 0.157. The van der Waals surface area contributed by atoms with E-state index in [0.29, 0.717) is 10.8 Å². The fraction of sp³-hybridized carbons (Fsp3) is 0.0714. The number of halogens is 1. The predicted molar refractivity (Wildman–Crippen MR) is 77.0 cm³/mol. The minimum atomic E-state index is -0.571. The number of carbonyl (C=O) groups is 1. The van der Waals surface area contributed by atoms with E-state index in [1.165, 1.54) is 12.1 Å². The molecule has 0 aromatic heterocycles. The smallest absolute Gasteiger partial charge is 0.312 e. The fourth-order valence-corrected chi connectivity index (χ4v) is 2.17. The minimum absolute atomic E-state index is 0.0166. The van der Waals surface area contributed by atoms with Gasteiger partial charge < -0.3 is 4.74 Å². The summed E-state index contributed by atoms with van der Waals surface area (Å²) >= 11 is 3.13. The lowest BCUT2D eigenvalue weighted by molar-refractivity contribution is -0.386. The maximum absolute atomic E-state index is 11.0. The summed E-state index contributed by atoms with van der Waals surface area (Å²) in [7, 11) is 0. The molecule has 6 heteroatoms. The highest BCUT2D eigenvalue weighted by Crippen LogP contribution is 2.34. The van der Waals surface area contributed by atoms with Crippen molar-refractivity contribution in [3.8, 4) is 5.75 Å². The standard InChI is InChI=1S/C14H10BrNO4/c15-12-6-11(8-17)14(13(7-12)16(18)19)20-9-10-4-2-1-3-5-10/h1-8H,9H2. The Morgan fingerprint density at radius 2 is 1.95 bits per heavy atom. The van der Waals surface area contributed by atoms with Gasteiger partial charge in [0, 0.05) is 10.5 Å². The molecule has 0 fully saturated rings. The molecule has 0 N–H and O–H groups in total. The molecule has 0 aliphatic carbocycles. The van der Waals surface area contributed by atoms with Crippen molar-refractivity contribution in [3.05, 3.63) is 68.2 Å². The van der Waals surface area contributed by atoms with Crippen LogP contribution in [0.2, 0.25) is 0 Å². The van der Waals surface area contributed by atoms with Crippen LogP contribution in [0.25, 0.3) is 0 Å². The second-order valence-electron chi connectivity index (χ2n) is 3.99. The average molecular weight is 336 g/mol. The van der Waals surface area contributed by atoms with Crippen molar-refractivity contribution in [1.29, 1.82) is 0 Å². The molecule has 0 saturated heterocycles. The third-order valence-corrected chi connectivity index (χ3v) is 3.07. The normalized spacial score (nSPS) is 10.1. The van der Waals surface area contributed by atoms with E-state index in [2.05, 4.69) is 15.9 Å². The predicted octanol–water partition coefficient (Wildman–Crippen LogP) is 3.75. The molecule has 5 nitrogen and oxygen atoms in total. The number of nitrogens with zero attached hydrogens (tertiary/aromatic N) is 1. The second-order valence-corrected chi connectivity index (χ2v) is 4.91. The summed E-state index contributed by atoms with van der Waals surface area (Å²) in [6.07, 6.45) is 0.540. The third-order valence-electron chi connectivity index (χ3n) is 2.61. The number of ether oxygens (including phenoxy) is 1. The number of benzene rings is 2. The summed E-state index contributed by atoms with van der Waals surface area (Å²) in [6, 6.07) is 12.0. The van der Waals surface area contributed by atoms with E-state index < -0.39 is 4.92 Å². The summed E-state index contributed by atoms with van der Waals surface area (Å²) in [5, 5.41) is 11.0. The highest BCUT2D eigenvalue weighted by molar-refractivity contribution is 9.10. The molecular weight excluding hydrogens is 326 g/mol. The van der Waals surface area contributed by atoms with Crippen LogP contribution < -0.4 is 4.74 Å². The first-order valence-electron chi connectivity index (χ1n) is 5.71. The number of nitro benzene ring substituents is 1. The Kier molecular flexibility index (Phi) is 4.47. The third kappa shape index (κ3) is 3.21. The van der Waals surface area contributed by atoms with E-state index in [4.69, 9.17) is 4.74 Å². The molecular formula is C14H10BrNO4. The quantitative estimate of drug-likeness (QED) is 0.474. The van der Waals surface area contributed by atoms with Crippen LogP contribution in [0.5, 0.6) is 5.75 Å². The summed E-state index contributed by atoms with van der Waals surface area (Å²) in [5.74, 6) is -0.0166. The Labute approximate surface area is 123 Å². The molecule has 0 aliphatic rings. The maximum atomic E-state index is 11.0. The molecule has 2 aromatic carbocycles. The zero-order chi connectivity index (χ0) is 14.5. The lowest BCUT2D eigenvalue weighted by atomic mass is 10.2. The fourth-order valence-electron chi connectivity index (χ4n) is 1.71. The first-order valence-corrected chi connectivity index (χ1v) is 6.51. The van der Waals surface area contributed by atoms with E-state index in [1.54, 1.807) is 0 Å². The average Bonchev–Trinajstić information content (AvgIpc) is 2.46. The molecule has 2 rings (SSSR count). The van der Waals surface area contributed by atoms with Gasteiger partial charge in [-0.2, -0.15) is 0 Å². The Hall–Kier alpha value is -2.21. The first kappa shape index (κ1) is 14.2. The van der Waals surface area contributed by atoms with Gasteiger partial charge in [-0.05, 0) is 11.6 Å². The number of nitro groups is 1. The number of hydrogen-bond donors (Lipinski definition) is 0. The van der Waals surface area contributed by atoms with Crippen LogP contribution in [0.1, 0.15) is 15.9 Å². The molecule has 0 aliphatic heterocycles. The molecule has 0 saturated carbocycles. The van der Waals surface area contributed by atoms with Gasteiger partial charge in [-0.25, -0.2) is 0 Å². The van der Waals surface area contributed by atoms with Crippen LogP contribution in [0.4, 0.5) is 5.69 Å². The monoisotopic (exact) mass is 335 g/mol. The van der Waals surface area contributed by atoms with E-state index >= 15 is 0 Å². The lowest BCUT2D eigenvalue weighted by Crippen LogP contribution is -2.02. The highest BCUT2D eigenvalue weighted by Gasteiger charge is 2.20. The van der Waals surface area contributed by atoms with Gasteiger partial charge in [-0.1, -0.05) is 46.3 Å². The Bertz CT molecular complexity index is 643. The van der Waals surface area contributed by atoms with Crippen LogP contribution in [0.15, 0.2) is 46.9 Å². The SMILES string of the molecule is O=Cc1cc(Br)cc([N+](=O)[O-])c1OCc1ccccc1. The van der Waals surface area contributed by atoms with Crippen molar-refractivity contribution >= 4 is 27.9 Å². The Balaban J connectivity index is 2.34. The van der Waals surface area contributed by atoms with Gasteiger partial charge in [0.25, 0.3) is 0 Å². The Morgan fingerprint density at radius 3 is 2.55 bits per heavy atom. The molecule has 0 radical (unpaired) electrons. The molecule has 102 valence electrons. The van der Waals surface area contributed by atoms with Gasteiger partial charge in [0.05, 0.1) is 10.5 Å². The van der Waals surface area contributed by atoms with Crippen LogP contribution in [0.3, 0.4) is 0 Å². The number of aldehydes is 1. The molecule has 0 heterocycles. The second kappa shape index (κ2) is 6.29. The number of hydrogen-bond acceptors (Lipinski definition) is 4. The molecule has 0 unspecified atom stereocenters. The zero-order valence-electron chi connectivity index (χ0n) is 10.3. The topological polar surface area (TPSA) is 69.4 Å². The lowest BCUT2D eigenvalue weighted by Gasteiger charge is -2.09. The summed E-state index contributed by atoms with van der Waals surface area (Å²) in [5.41, 5.74) is 0.765. The molecule has 0 spiro atoms. The maximum Gasteiger partial charge on any atom is 0.312 e. The number of rotatable bonds is 5. The highest BCUT2D eigenvalue weighted by atomic mass is 79.9. The van der Waals surface area contributed by atoms with E-state index in [-0.39, 0.29) is 23.6 Å². The summed E-state index contributed by atoms with van der Waals surface area (Å²) < 4.78 is 5.92. The van der Waals surface area contributed by atoms with Crippen LogP contribution in [0, 0.1) is 10.1 Å². The molecule has 20 heavy (non-hydrogen) atoms. The van der Waals surface area contributed by atoms with Gasteiger partial charge in [0.2, 0.25) is 5.75 Å². The van der Waals surface area contributed by atoms with Crippen molar-refractivity contribution < 1.29 is 14.5 Å². The van der Waals surface area contributed by atoms with E-state index in [0.717, 1.165) is 5.56 Å². The van der Waals surface area contributed by atoms with Crippen molar-refractivity contribution in [2.24, 2.45) is 0 Å². The van der Waals surface area contributed by atoms with Crippen molar-refractivity contribution in [1.82, 2.24) is 0 Å². The largest absolute Gasteiger partial charge is 0.481 e. The van der Waals surface area contributed by atoms with Crippen molar-refractivity contribution in [2.75, 3.05) is 0 Å². The number of carbonyl (C=O) groups excluding carboxylic acids is 1. The van der Waals surface area contributed by atoms with Crippen LogP contribution in [-0.2, 0) is 6.61 Å². The van der Waals surface area contributed by atoms with E-state index in [9.17, 15) is 14.9 Å². The molecule has 0 amide bonds. The van der Waals surface area contributed by atoms with Gasteiger partial charge in [-0.15, -0.1) is 0 Å². The minimum Gasteiger partial charge on any atom is -0.481 e. The summed E-state index contributed by atoms with van der Waals surface area (Å²) in [4.78, 5) is 21.5.